The molecule has 0 radical (unpaired) electrons. The van der Waals surface area contributed by atoms with Gasteiger partial charge in [-0.2, -0.15) is 4.40 Å². The van der Waals surface area contributed by atoms with Gasteiger partial charge in [-0.05, 0) is 370 Å². The molecule has 18 fully saturated rings. The lowest BCUT2D eigenvalue weighted by molar-refractivity contribution is -0.155. The second-order valence-electron chi connectivity index (χ2n) is 43.2. The molecule has 18 heterocycles. The van der Waals surface area contributed by atoms with Gasteiger partial charge in [0.2, 0.25) is 12.3 Å². The molecule has 18 bridgehead atoms. The van der Waals surface area contributed by atoms with Crippen molar-refractivity contribution in [3.8, 4) is 0 Å². The number of nitrogens with one attached hydrogen (secondary N) is 4. The van der Waals surface area contributed by atoms with E-state index in [0.717, 1.165) is 107 Å². The van der Waals surface area contributed by atoms with Gasteiger partial charge in [0.1, 0.15) is 34.0 Å². The van der Waals surface area contributed by atoms with Crippen molar-refractivity contribution >= 4 is 77.2 Å². The van der Waals surface area contributed by atoms with Gasteiger partial charge in [0.05, 0.1) is 52.4 Å². The molecule has 18 aliphatic heterocycles. The molecule has 121 heavy (non-hydrogen) atoms. The van der Waals surface area contributed by atoms with Gasteiger partial charge in [-0.3, -0.25) is 54.0 Å². The average Bonchev–Trinajstić information content (AvgIpc) is 1.60. The van der Waals surface area contributed by atoms with Crippen molar-refractivity contribution in [2.75, 3.05) is 70.2 Å². The SMILES string of the molecule is CC(=O)NC(C)C12CCC(CC1)N2C.CC(N)C12CCC(CC1)N2C.CC(NC(=O)OC(C)(C)C)C12CCC(CC1)N2C.CC(NS(=O)C(C)(C)C)C12CCC(CC1)N2C.CN1C2CCC1(C=NS(=O)C(C)(C)C)CC2.CN1C2CCC1(C=O)CC2.CN1C2CCC1(CO)CC2.COC(=O)C12CCC(CC1)N2.COC(=O)C12CCC(CC1)N2C=O.Cl. The Morgan fingerprint density at radius 2 is 0.851 bits per heavy atom. The molecule has 18 saturated heterocycles. The summed E-state index contributed by atoms with van der Waals surface area (Å²) in [5.74, 6) is -0.229. The zero-order valence-corrected chi connectivity index (χ0v) is 81.6. The van der Waals surface area contributed by atoms with E-state index in [1.54, 1.807) is 11.8 Å². The molecule has 0 aromatic rings. The number of carbonyl (C=O) groups is 6. The molecule has 0 saturated carbocycles. The number of esters is 2. The quantitative estimate of drug-likeness (QED) is 0.0384. The second-order valence-corrected chi connectivity index (χ2v) is 47.1. The summed E-state index contributed by atoms with van der Waals surface area (Å²) in [6.07, 6.45) is 46.3. The summed E-state index contributed by atoms with van der Waals surface area (Å²) in [7, 11) is 16.1. The van der Waals surface area contributed by atoms with Gasteiger partial charge in [-0.1, -0.05) is 0 Å². The number of rotatable bonds is 15. The van der Waals surface area contributed by atoms with Gasteiger partial charge in [-0.15, -0.1) is 12.4 Å². The van der Waals surface area contributed by atoms with E-state index in [1.807, 2.05) is 68.5 Å². The van der Waals surface area contributed by atoms with Crippen LogP contribution in [0.3, 0.4) is 0 Å². The molecule has 0 spiro atoms. The number of nitrogens with two attached hydrogens (primary N) is 1. The van der Waals surface area contributed by atoms with Crippen LogP contribution in [0.4, 0.5) is 4.79 Å². The Bertz CT molecular complexity index is 3520. The molecule has 7 N–H and O–H groups in total. The predicted molar refractivity (Wildman–Crippen MR) is 487 cm³/mol. The lowest BCUT2D eigenvalue weighted by atomic mass is 9.82. The number of aldehydes is 1. The molecule has 6 unspecified atom stereocenters. The number of ether oxygens (including phenoxy) is 3. The number of fused-ring (bicyclic) bond motifs is 18. The molecular weight excluding hydrogens is 1590 g/mol. The normalized spacial score (nSPS) is 39.2. The fourth-order valence-electron chi connectivity index (χ4n) is 25.9. The smallest absolute Gasteiger partial charge is 0.407 e. The fourth-order valence-corrected chi connectivity index (χ4v) is 27.4. The highest BCUT2D eigenvalue weighted by atomic mass is 35.5. The van der Waals surface area contributed by atoms with Crippen molar-refractivity contribution in [2.24, 2.45) is 10.1 Å². The number of aliphatic hydroxyl groups is 1. The van der Waals surface area contributed by atoms with E-state index in [4.69, 9.17) is 19.9 Å². The maximum Gasteiger partial charge on any atom is 0.407 e. The van der Waals surface area contributed by atoms with Crippen LogP contribution in [0.5, 0.6) is 0 Å². The Balaban J connectivity index is 0.000000156. The Morgan fingerprint density at radius 3 is 1.12 bits per heavy atom. The van der Waals surface area contributed by atoms with Crippen molar-refractivity contribution in [1.82, 2.24) is 59.9 Å². The zero-order chi connectivity index (χ0) is 88.5. The number of hydrogen-bond donors (Lipinski definition) is 6. The van der Waals surface area contributed by atoms with Crippen molar-refractivity contribution in [1.29, 1.82) is 0 Å². The van der Waals surface area contributed by atoms with Crippen LogP contribution in [-0.4, -0.2) is 309 Å². The van der Waals surface area contributed by atoms with Crippen LogP contribution in [0.1, 0.15) is 328 Å². The summed E-state index contributed by atoms with van der Waals surface area (Å²) >= 11 is 0. The molecule has 0 aliphatic carbocycles. The van der Waals surface area contributed by atoms with Crippen molar-refractivity contribution in [3.63, 3.8) is 0 Å². The molecule has 0 aromatic heterocycles. The summed E-state index contributed by atoms with van der Waals surface area (Å²) in [4.78, 5) is 86.1. The first kappa shape index (κ1) is 101. The van der Waals surface area contributed by atoms with Crippen LogP contribution in [0.25, 0.3) is 0 Å². The molecule has 6 atom stereocenters. The minimum absolute atomic E-state index is 0. The summed E-state index contributed by atoms with van der Waals surface area (Å²) in [6, 6.07) is 7.27. The molecule has 3 amide bonds. The van der Waals surface area contributed by atoms with Gasteiger partial charge >= 0.3 is 18.0 Å². The van der Waals surface area contributed by atoms with Crippen LogP contribution in [-0.2, 0) is 60.2 Å². The van der Waals surface area contributed by atoms with Crippen LogP contribution >= 0.6 is 12.4 Å². The summed E-state index contributed by atoms with van der Waals surface area (Å²) in [6.45, 7) is 28.2. The van der Waals surface area contributed by atoms with E-state index in [9.17, 15) is 42.3 Å². The second kappa shape index (κ2) is 39.9. The third-order valence-corrected chi connectivity index (χ3v) is 37.6. The molecule has 696 valence electrons. The third-order valence-electron chi connectivity index (χ3n) is 34.5. The molecule has 26 nitrogen and oxygen atoms in total. The predicted octanol–water partition coefficient (Wildman–Crippen LogP) is 11.4. The van der Waals surface area contributed by atoms with Gasteiger partial charge in [0.25, 0.3) is 0 Å². The first-order valence-electron chi connectivity index (χ1n) is 46.7. The standard InChI is InChI=1S/C14H26N2O2.C13H26N2OS.C12H22N2OS.C11H20N2O.C9H18N2.C9H13NO3.C8H13NO2.C8H15NO.C8H13NO.ClH/c1-10(15-12(17)18-13(2,3)4)14-8-6-11(7-9-14)16(14)5;1-10(14-17(16)12(2,3)4)13-8-6-11(7-9-13)15(13)5;1-11(2,3)16(15)13-9-12-7-5-10(6-8-12)14(12)4;1-8(12-9(2)14)11-6-4-10(5-7-11)13(11)3;1-7(10)9-5-3-8(4-6-9)11(9)2;1-13-8(12)9-4-2-7(3-5-9)10(9)6-11;1-11-7(10)8-4-2-6(9-8)3-5-8;2*1-9-7-2-4-8(9,6-10)5-3-7;/h10-11H,6-9H2,1-5H3,(H,15,17);10-11,14H,6-9H2,1-5H3;9-10H,5-8H2,1-4H3;8,10H,4-7H2,1-3H3,(H,12,14);7-8H,3-6,10H2,1-2H3;6-7H,2-5H2,1H3;6,9H,2-5H2,1H3;7,10H,2-6H2,1H3;6-7H,2-5H2,1H3;1H. The van der Waals surface area contributed by atoms with Crippen LogP contribution in [0.15, 0.2) is 4.40 Å². The van der Waals surface area contributed by atoms with E-state index < -0.39 is 33.1 Å². The van der Waals surface area contributed by atoms with Crippen molar-refractivity contribution in [3.05, 3.63) is 0 Å². The van der Waals surface area contributed by atoms with E-state index in [2.05, 4.69) is 136 Å². The molecule has 18 rings (SSSR count). The summed E-state index contributed by atoms with van der Waals surface area (Å²) in [5, 5.41) is 18.6. The Hall–Kier alpha value is -3.36. The summed E-state index contributed by atoms with van der Waals surface area (Å²) in [5.41, 5.74) is 6.02. The number of likely N-dealkylation sites (N-methyl/N-ethyl adjacent to an activating group) is 6. The number of carbonyl (C=O) groups excluding carboxylic acids is 6. The maximum absolute atomic E-state index is 12.2. The summed E-state index contributed by atoms with van der Waals surface area (Å²) < 4.78 is 46.1. The van der Waals surface area contributed by atoms with E-state index in [-0.39, 0.29) is 103 Å². The monoisotopic (exact) mass is 1760 g/mol. The number of halogens is 1. The third kappa shape index (κ3) is 20.6. The molecule has 0 aromatic carbocycles. The highest BCUT2D eigenvalue weighted by molar-refractivity contribution is 7.85. The Morgan fingerprint density at radius 1 is 0.488 bits per heavy atom. The number of hydrogen-bond acceptors (Lipinski definition) is 21. The first-order valence-corrected chi connectivity index (χ1v) is 49.0. The average molecular weight is 1760 g/mol. The van der Waals surface area contributed by atoms with E-state index >= 15 is 0 Å². The number of amides is 3. The topological polar surface area (TPSA) is 297 Å². The molecule has 29 heteroatoms. The van der Waals surface area contributed by atoms with E-state index in [1.165, 1.54) is 181 Å². The minimum Gasteiger partial charge on any atom is -0.468 e. The highest BCUT2D eigenvalue weighted by Gasteiger charge is 2.60. The number of nitrogens with zero attached hydrogens (tertiary/aromatic N) is 9. The lowest BCUT2D eigenvalue weighted by Crippen LogP contribution is -2.55. The van der Waals surface area contributed by atoms with Crippen LogP contribution in [0, 0.1) is 0 Å². The van der Waals surface area contributed by atoms with Crippen molar-refractivity contribution in [2.45, 2.75) is 472 Å². The first-order chi connectivity index (χ1) is 56.2. The van der Waals surface area contributed by atoms with Gasteiger partial charge < -0.3 is 45.4 Å². The van der Waals surface area contributed by atoms with Gasteiger partial charge in [0, 0.05) is 119 Å². The van der Waals surface area contributed by atoms with Crippen LogP contribution < -0.4 is 26.4 Å². The fraction of sp³-hybridized carbons (Fsp3) is 0.924. The molecular formula is C92H167ClN14O12S2. The van der Waals surface area contributed by atoms with Gasteiger partial charge in [-0.25, -0.2) is 22.7 Å². The Labute approximate surface area is 741 Å². The van der Waals surface area contributed by atoms with Crippen LogP contribution in [0.2, 0.25) is 0 Å². The number of alkyl carbamates (subject to hydrolysis) is 1. The highest BCUT2D eigenvalue weighted by Crippen LogP contribution is 2.53. The largest absolute Gasteiger partial charge is 0.468 e. The van der Waals surface area contributed by atoms with Crippen molar-refractivity contribution < 1.29 is 56.5 Å². The van der Waals surface area contributed by atoms with E-state index in [0.29, 0.717) is 42.4 Å². The number of aliphatic hydroxyl groups excluding tert-OH is 1. The van der Waals surface area contributed by atoms with Gasteiger partial charge in [0.15, 0.2) is 0 Å². The molecule has 18 aliphatic rings. The number of methoxy groups -OCH3 is 2. The lowest BCUT2D eigenvalue weighted by Gasteiger charge is -2.39. The zero-order valence-electron chi connectivity index (χ0n) is 79.2. The minimum atomic E-state index is -1.11. The Kier molecular flexibility index (Phi) is 33.5. The maximum atomic E-state index is 12.2.